The summed E-state index contributed by atoms with van der Waals surface area (Å²) in [4.78, 5) is 16.8. The van der Waals surface area contributed by atoms with Crippen molar-refractivity contribution in [2.45, 2.75) is 6.42 Å². The summed E-state index contributed by atoms with van der Waals surface area (Å²) in [5.74, 6) is 0.355. The molecule has 4 rings (SSSR count). The molecule has 1 saturated heterocycles. The van der Waals surface area contributed by atoms with Crippen molar-refractivity contribution in [3.63, 3.8) is 0 Å². The van der Waals surface area contributed by atoms with E-state index in [1.54, 1.807) is 4.90 Å². The van der Waals surface area contributed by atoms with Gasteiger partial charge in [0.05, 0.1) is 6.42 Å². The molecule has 0 saturated carbocycles. The number of carbonyl (C=O) groups is 1. The van der Waals surface area contributed by atoms with Crippen molar-refractivity contribution in [2.75, 3.05) is 32.7 Å². The molecule has 0 radical (unpaired) electrons. The highest BCUT2D eigenvalue weighted by atomic mass is 16.4. The summed E-state index contributed by atoms with van der Waals surface area (Å²) >= 11 is 0. The smallest absolute Gasteiger partial charge is 0.311 e. The molecule has 1 fully saturated rings. The van der Waals surface area contributed by atoms with Gasteiger partial charge in [0.2, 0.25) is 5.89 Å². The molecular formula is C23H24N4O2. The molecule has 1 aliphatic heterocycles. The van der Waals surface area contributed by atoms with Gasteiger partial charge in [-0.15, -0.1) is 10.2 Å². The first-order valence-corrected chi connectivity index (χ1v) is 9.87. The van der Waals surface area contributed by atoms with Crippen molar-refractivity contribution in [3.05, 3.63) is 89.6 Å². The van der Waals surface area contributed by atoms with Gasteiger partial charge in [0.15, 0.2) is 0 Å². The van der Waals surface area contributed by atoms with Gasteiger partial charge in [-0.2, -0.15) is 0 Å². The maximum Gasteiger partial charge on any atom is 0.311 e. The number of piperazine rings is 1. The summed E-state index contributed by atoms with van der Waals surface area (Å²) in [5, 5.41) is 7.98. The molecule has 2 aromatic carbocycles. The lowest BCUT2D eigenvalue weighted by atomic mass is 10.2. The molecule has 0 aliphatic carbocycles. The molecule has 0 spiro atoms. The van der Waals surface area contributed by atoms with Gasteiger partial charge in [-0.25, -0.2) is 0 Å². The zero-order chi connectivity index (χ0) is 19.9. The lowest BCUT2D eigenvalue weighted by Gasteiger charge is -2.33. The van der Waals surface area contributed by atoms with Gasteiger partial charge in [-0.1, -0.05) is 72.8 Å². The van der Waals surface area contributed by atoms with Gasteiger partial charge in [-0.05, 0) is 11.1 Å². The van der Waals surface area contributed by atoms with E-state index in [1.165, 1.54) is 5.56 Å². The van der Waals surface area contributed by atoms with Crippen LogP contribution >= 0.6 is 0 Å². The Balaban J connectivity index is 1.26. The van der Waals surface area contributed by atoms with Crippen LogP contribution in [0.15, 0.2) is 71.2 Å². The maximum atomic E-state index is 12.7. The second kappa shape index (κ2) is 9.30. The maximum absolute atomic E-state index is 12.7. The summed E-state index contributed by atoms with van der Waals surface area (Å²) < 4.78 is 5.61. The van der Waals surface area contributed by atoms with E-state index in [0.717, 1.165) is 25.2 Å². The van der Waals surface area contributed by atoms with E-state index in [9.17, 15) is 4.79 Å². The van der Waals surface area contributed by atoms with E-state index >= 15 is 0 Å². The Hall–Kier alpha value is -3.25. The van der Waals surface area contributed by atoms with E-state index in [0.29, 0.717) is 25.4 Å². The standard InChI is InChI=1S/C23H24N4O2/c28-23(22-25-24-21(29-22)18-20-10-5-2-6-11-20)27-16-14-26(15-17-27)13-7-12-19-8-3-1-4-9-19/h1-12H,13-18H2/b12-7+. The van der Waals surface area contributed by atoms with Crippen LogP contribution in [0.5, 0.6) is 0 Å². The Morgan fingerprint density at radius 3 is 2.34 bits per heavy atom. The molecule has 0 atom stereocenters. The molecule has 0 bridgehead atoms. The third-order valence-electron chi connectivity index (χ3n) is 4.98. The first kappa shape index (κ1) is 19.1. The summed E-state index contributed by atoms with van der Waals surface area (Å²) in [5.41, 5.74) is 2.27. The SMILES string of the molecule is O=C(c1nnc(Cc2ccccc2)o1)N1CCN(C/C=C/c2ccccc2)CC1. The molecule has 148 valence electrons. The number of carbonyl (C=O) groups excluding carboxylic acids is 1. The summed E-state index contributed by atoms with van der Waals surface area (Å²) in [6, 6.07) is 20.1. The van der Waals surface area contributed by atoms with Gasteiger partial charge in [0.25, 0.3) is 0 Å². The van der Waals surface area contributed by atoms with E-state index in [4.69, 9.17) is 4.42 Å². The largest absolute Gasteiger partial charge is 0.417 e. The fraction of sp³-hybridized carbons (Fsp3) is 0.261. The van der Waals surface area contributed by atoms with Crippen molar-refractivity contribution in [3.8, 4) is 0 Å². The molecule has 29 heavy (non-hydrogen) atoms. The fourth-order valence-electron chi connectivity index (χ4n) is 3.35. The Morgan fingerprint density at radius 2 is 1.62 bits per heavy atom. The predicted molar refractivity (Wildman–Crippen MR) is 111 cm³/mol. The number of aromatic nitrogens is 2. The molecule has 1 amide bonds. The van der Waals surface area contributed by atoms with Crippen LogP contribution in [-0.4, -0.2) is 58.6 Å². The summed E-state index contributed by atoms with van der Waals surface area (Å²) in [6.07, 6.45) is 4.83. The first-order chi connectivity index (χ1) is 14.3. The molecule has 3 aromatic rings. The lowest BCUT2D eigenvalue weighted by molar-refractivity contribution is 0.0609. The molecule has 0 N–H and O–H groups in total. The average Bonchev–Trinajstić information content (AvgIpc) is 3.24. The third kappa shape index (κ3) is 5.18. The predicted octanol–water partition coefficient (Wildman–Crippen LogP) is 3.13. The van der Waals surface area contributed by atoms with Crippen LogP contribution in [0.4, 0.5) is 0 Å². The van der Waals surface area contributed by atoms with E-state index in [-0.39, 0.29) is 11.8 Å². The minimum absolute atomic E-state index is 0.0772. The van der Waals surface area contributed by atoms with Crippen LogP contribution in [0.1, 0.15) is 27.7 Å². The molecule has 2 heterocycles. The van der Waals surface area contributed by atoms with Crippen LogP contribution in [0.25, 0.3) is 6.08 Å². The van der Waals surface area contributed by atoms with E-state index < -0.39 is 0 Å². The zero-order valence-corrected chi connectivity index (χ0v) is 16.3. The van der Waals surface area contributed by atoms with Gasteiger partial charge in [0.1, 0.15) is 0 Å². The quantitative estimate of drug-likeness (QED) is 0.649. The van der Waals surface area contributed by atoms with Crippen molar-refractivity contribution >= 4 is 12.0 Å². The third-order valence-corrected chi connectivity index (χ3v) is 4.98. The summed E-state index contributed by atoms with van der Waals surface area (Å²) in [6.45, 7) is 3.85. The van der Waals surface area contributed by atoms with Gasteiger partial charge >= 0.3 is 11.8 Å². The normalized spacial score (nSPS) is 15.1. The van der Waals surface area contributed by atoms with Crippen LogP contribution in [0.3, 0.4) is 0 Å². The first-order valence-electron chi connectivity index (χ1n) is 9.87. The molecule has 1 aliphatic rings. The fourth-order valence-corrected chi connectivity index (χ4v) is 3.35. The molecule has 6 heteroatoms. The van der Waals surface area contributed by atoms with Crippen LogP contribution in [0.2, 0.25) is 0 Å². The van der Waals surface area contributed by atoms with E-state index in [1.807, 2.05) is 48.5 Å². The lowest BCUT2D eigenvalue weighted by Crippen LogP contribution is -2.48. The van der Waals surface area contributed by atoms with Gasteiger partial charge in [-0.3, -0.25) is 9.69 Å². The molecule has 6 nitrogen and oxygen atoms in total. The second-order valence-corrected chi connectivity index (χ2v) is 7.07. The second-order valence-electron chi connectivity index (χ2n) is 7.07. The van der Waals surface area contributed by atoms with E-state index in [2.05, 4.69) is 39.4 Å². The molecule has 0 unspecified atom stereocenters. The zero-order valence-electron chi connectivity index (χ0n) is 16.3. The van der Waals surface area contributed by atoms with Crippen molar-refractivity contribution in [1.29, 1.82) is 0 Å². The Bertz CT molecular complexity index is 945. The number of amides is 1. The summed E-state index contributed by atoms with van der Waals surface area (Å²) in [7, 11) is 0. The van der Waals surface area contributed by atoms with Crippen LogP contribution in [-0.2, 0) is 6.42 Å². The molecule has 1 aromatic heterocycles. The number of hydrogen-bond acceptors (Lipinski definition) is 5. The molecular weight excluding hydrogens is 364 g/mol. The average molecular weight is 388 g/mol. The number of nitrogens with zero attached hydrogens (tertiary/aromatic N) is 4. The van der Waals surface area contributed by atoms with Crippen LogP contribution < -0.4 is 0 Å². The van der Waals surface area contributed by atoms with Gasteiger partial charge in [0, 0.05) is 32.7 Å². The Morgan fingerprint density at radius 1 is 0.931 bits per heavy atom. The minimum atomic E-state index is -0.184. The van der Waals surface area contributed by atoms with Gasteiger partial charge < -0.3 is 9.32 Å². The Labute approximate surface area is 170 Å². The number of rotatable bonds is 6. The monoisotopic (exact) mass is 388 g/mol. The highest BCUT2D eigenvalue weighted by molar-refractivity contribution is 5.89. The number of hydrogen-bond donors (Lipinski definition) is 0. The van der Waals surface area contributed by atoms with Crippen LogP contribution in [0, 0.1) is 0 Å². The highest BCUT2D eigenvalue weighted by Gasteiger charge is 2.25. The van der Waals surface area contributed by atoms with Crippen molar-refractivity contribution in [2.24, 2.45) is 0 Å². The highest BCUT2D eigenvalue weighted by Crippen LogP contribution is 2.12. The van der Waals surface area contributed by atoms with Crippen molar-refractivity contribution < 1.29 is 9.21 Å². The topological polar surface area (TPSA) is 62.5 Å². The minimum Gasteiger partial charge on any atom is -0.417 e. The Kier molecular flexibility index (Phi) is 6.12. The van der Waals surface area contributed by atoms with Crippen molar-refractivity contribution in [1.82, 2.24) is 20.0 Å². The number of benzene rings is 2.